The van der Waals surface area contributed by atoms with Crippen molar-refractivity contribution in [3.8, 4) is 11.4 Å². The Labute approximate surface area is 122 Å². The molecule has 1 aromatic heterocycles. The molecule has 2 aromatic rings. The minimum Gasteiger partial charge on any atom is -0.375 e. The lowest BCUT2D eigenvalue weighted by Crippen LogP contribution is -2.23. The van der Waals surface area contributed by atoms with Crippen LogP contribution in [0.4, 0.5) is 4.39 Å². The number of halogens is 1. The molecule has 21 heavy (non-hydrogen) atoms. The molecule has 5 nitrogen and oxygen atoms in total. The fourth-order valence-corrected chi connectivity index (χ4v) is 3.36. The van der Waals surface area contributed by atoms with Crippen molar-refractivity contribution in [3.05, 3.63) is 29.6 Å². The first-order valence-corrected chi connectivity index (χ1v) is 7.39. The van der Waals surface area contributed by atoms with Gasteiger partial charge in [0.05, 0.1) is 18.8 Å². The van der Waals surface area contributed by atoms with E-state index in [4.69, 9.17) is 4.74 Å². The number of fused-ring (bicyclic) bond motifs is 2. The second kappa shape index (κ2) is 4.87. The van der Waals surface area contributed by atoms with Crippen LogP contribution in [0.2, 0.25) is 0 Å². The zero-order chi connectivity index (χ0) is 14.4. The van der Waals surface area contributed by atoms with E-state index in [9.17, 15) is 4.39 Å². The third-order valence-corrected chi connectivity index (χ3v) is 4.50. The third-order valence-electron chi connectivity index (χ3n) is 4.50. The molecular formula is C15H17FN4O. The summed E-state index contributed by atoms with van der Waals surface area (Å²) in [6.07, 6.45) is 4.22. The van der Waals surface area contributed by atoms with Crippen molar-refractivity contribution in [2.24, 2.45) is 5.92 Å². The molecule has 4 rings (SSSR count). The Hall–Kier alpha value is -1.82. The molecule has 3 atom stereocenters. The standard InChI is InChI=1S/C15H17FN4O/c1-9-6-10(2-4-13(9)16)15-17-19-20(18-15)8-11-7-12-3-5-14(11)21-12/h2,4,6,11-12,14H,3,5,7-8H2,1H3. The Morgan fingerprint density at radius 3 is 3.00 bits per heavy atom. The third kappa shape index (κ3) is 2.33. The second-order valence-electron chi connectivity index (χ2n) is 6.00. The highest BCUT2D eigenvalue weighted by Gasteiger charge is 2.41. The average Bonchev–Trinajstić information content (AvgIpc) is 3.18. The van der Waals surface area contributed by atoms with Gasteiger partial charge in [0.15, 0.2) is 0 Å². The first-order chi connectivity index (χ1) is 10.2. The van der Waals surface area contributed by atoms with Gasteiger partial charge in [-0.2, -0.15) is 4.80 Å². The highest BCUT2D eigenvalue weighted by Crippen LogP contribution is 2.39. The van der Waals surface area contributed by atoms with E-state index in [1.165, 1.54) is 12.5 Å². The van der Waals surface area contributed by atoms with Crippen LogP contribution in [-0.2, 0) is 11.3 Å². The number of aromatic nitrogens is 4. The first kappa shape index (κ1) is 12.9. The largest absolute Gasteiger partial charge is 0.375 e. The van der Waals surface area contributed by atoms with Gasteiger partial charge in [-0.3, -0.25) is 0 Å². The molecule has 2 bridgehead atoms. The lowest BCUT2D eigenvalue weighted by Gasteiger charge is -2.16. The molecule has 110 valence electrons. The normalized spacial score (nSPS) is 27.4. The first-order valence-electron chi connectivity index (χ1n) is 7.39. The van der Waals surface area contributed by atoms with Crippen LogP contribution >= 0.6 is 0 Å². The molecule has 0 radical (unpaired) electrons. The van der Waals surface area contributed by atoms with Gasteiger partial charge in [0.25, 0.3) is 0 Å². The van der Waals surface area contributed by atoms with Gasteiger partial charge in [-0.1, -0.05) is 0 Å². The van der Waals surface area contributed by atoms with Gasteiger partial charge < -0.3 is 4.74 Å². The number of benzene rings is 1. The van der Waals surface area contributed by atoms with Crippen LogP contribution < -0.4 is 0 Å². The Balaban J connectivity index is 1.51. The predicted molar refractivity (Wildman–Crippen MR) is 74.0 cm³/mol. The minimum atomic E-state index is -0.217. The summed E-state index contributed by atoms with van der Waals surface area (Å²) in [5.41, 5.74) is 1.38. The van der Waals surface area contributed by atoms with E-state index in [1.54, 1.807) is 23.9 Å². The summed E-state index contributed by atoms with van der Waals surface area (Å²) >= 11 is 0. The van der Waals surface area contributed by atoms with E-state index in [0.717, 1.165) is 24.9 Å². The summed E-state index contributed by atoms with van der Waals surface area (Å²) in [4.78, 5) is 1.64. The molecule has 0 N–H and O–H groups in total. The Kier molecular flexibility index (Phi) is 2.99. The topological polar surface area (TPSA) is 52.8 Å². The number of nitrogens with zero attached hydrogens (tertiary/aromatic N) is 4. The van der Waals surface area contributed by atoms with E-state index in [1.807, 2.05) is 0 Å². The lowest BCUT2D eigenvalue weighted by molar-refractivity contribution is 0.0884. The molecule has 2 aliphatic heterocycles. The van der Waals surface area contributed by atoms with Crippen molar-refractivity contribution in [3.63, 3.8) is 0 Å². The van der Waals surface area contributed by atoms with Gasteiger partial charge in [0, 0.05) is 11.5 Å². The molecule has 0 spiro atoms. The predicted octanol–water partition coefficient (Wildman–Crippen LogP) is 2.36. The molecular weight excluding hydrogens is 271 g/mol. The second-order valence-corrected chi connectivity index (χ2v) is 6.00. The van der Waals surface area contributed by atoms with Crippen LogP contribution in [0.3, 0.4) is 0 Å². The van der Waals surface area contributed by atoms with Crippen molar-refractivity contribution in [2.75, 3.05) is 0 Å². The highest BCUT2D eigenvalue weighted by atomic mass is 19.1. The number of hydrogen-bond donors (Lipinski definition) is 0. The number of aryl methyl sites for hydroxylation is 1. The summed E-state index contributed by atoms with van der Waals surface area (Å²) in [5.74, 6) is 0.813. The molecule has 3 heterocycles. The van der Waals surface area contributed by atoms with Crippen LogP contribution in [-0.4, -0.2) is 32.4 Å². The molecule has 2 aliphatic rings. The molecule has 6 heteroatoms. The van der Waals surface area contributed by atoms with Gasteiger partial charge in [0.2, 0.25) is 5.82 Å². The van der Waals surface area contributed by atoms with Crippen molar-refractivity contribution < 1.29 is 9.13 Å². The maximum Gasteiger partial charge on any atom is 0.204 e. The lowest BCUT2D eigenvalue weighted by atomic mass is 9.89. The zero-order valence-corrected chi connectivity index (χ0v) is 11.9. The number of tetrazole rings is 1. The molecule has 0 amide bonds. The van der Waals surface area contributed by atoms with Gasteiger partial charge in [-0.15, -0.1) is 10.2 Å². The zero-order valence-electron chi connectivity index (χ0n) is 11.9. The smallest absolute Gasteiger partial charge is 0.204 e. The van der Waals surface area contributed by atoms with Gasteiger partial charge in [0.1, 0.15) is 5.82 Å². The van der Waals surface area contributed by atoms with Crippen LogP contribution in [0, 0.1) is 18.7 Å². The summed E-state index contributed by atoms with van der Waals surface area (Å²) in [6.45, 7) is 2.48. The molecule has 1 aromatic carbocycles. The maximum atomic E-state index is 13.3. The van der Waals surface area contributed by atoms with Crippen molar-refractivity contribution in [2.45, 2.75) is 44.9 Å². The van der Waals surface area contributed by atoms with E-state index in [-0.39, 0.29) is 5.82 Å². The van der Waals surface area contributed by atoms with Crippen LogP contribution in [0.15, 0.2) is 18.2 Å². The molecule has 2 fully saturated rings. The summed E-state index contributed by atoms with van der Waals surface area (Å²) in [5, 5.41) is 12.6. The Bertz CT molecular complexity index is 671. The van der Waals surface area contributed by atoms with Crippen molar-refractivity contribution in [1.82, 2.24) is 20.2 Å². The number of rotatable bonds is 3. The van der Waals surface area contributed by atoms with Crippen LogP contribution in [0.1, 0.15) is 24.8 Å². The molecule has 0 aliphatic carbocycles. The quantitative estimate of drug-likeness (QED) is 0.870. The fraction of sp³-hybridized carbons (Fsp3) is 0.533. The summed E-state index contributed by atoms with van der Waals surface area (Å²) in [7, 11) is 0. The van der Waals surface area contributed by atoms with Crippen molar-refractivity contribution in [1.29, 1.82) is 0 Å². The average molecular weight is 288 g/mol. The molecule has 2 saturated heterocycles. The van der Waals surface area contributed by atoms with E-state index < -0.39 is 0 Å². The molecule has 0 saturated carbocycles. The van der Waals surface area contributed by atoms with E-state index in [2.05, 4.69) is 15.4 Å². The van der Waals surface area contributed by atoms with E-state index >= 15 is 0 Å². The van der Waals surface area contributed by atoms with Crippen LogP contribution in [0.5, 0.6) is 0 Å². The Morgan fingerprint density at radius 1 is 1.38 bits per heavy atom. The number of ether oxygens (including phenoxy) is 1. The Morgan fingerprint density at radius 2 is 2.29 bits per heavy atom. The fourth-order valence-electron chi connectivity index (χ4n) is 3.36. The van der Waals surface area contributed by atoms with Crippen molar-refractivity contribution >= 4 is 0 Å². The van der Waals surface area contributed by atoms with Gasteiger partial charge in [-0.05, 0) is 55.2 Å². The summed E-state index contributed by atoms with van der Waals surface area (Å²) < 4.78 is 19.1. The van der Waals surface area contributed by atoms with Gasteiger partial charge in [-0.25, -0.2) is 4.39 Å². The van der Waals surface area contributed by atoms with Crippen LogP contribution in [0.25, 0.3) is 11.4 Å². The highest BCUT2D eigenvalue weighted by molar-refractivity contribution is 5.55. The van der Waals surface area contributed by atoms with E-state index in [0.29, 0.717) is 29.5 Å². The molecule has 3 unspecified atom stereocenters. The maximum absolute atomic E-state index is 13.3. The summed E-state index contributed by atoms with van der Waals surface area (Å²) in [6, 6.07) is 4.87. The monoisotopic (exact) mass is 288 g/mol. The minimum absolute atomic E-state index is 0.217. The SMILES string of the molecule is Cc1cc(-c2nnn(CC3CC4CCC3O4)n2)ccc1F. The number of hydrogen-bond acceptors (Lipinski definition) is 4. The van der Waals surface area contributed by atoms with Gasteiger partial charge >= 0.3 is 0 Å².